The highest BCUT2D eigenvalue weighted by atomic mass is 79.9. The van der Waals surface area contributed by atoms with E-state index in [9.17, 15) is 4.79 Å². The van der Waals surface area contributed by atoms with Gasteiger partial charge in [-0.2, -0.15) is 0 Å². The third kappa shape index (κ3) is 4.89. The monoisotopic (exact) mass is 457 g/mol. The number of allylic oxidation sites excluding steroid dienone is 1. The van der Waals surface area contributed by atoms with Gasteiger partial charge in [0.1, 0.15) is 11.3 Å². The lowest BCUT2D eigenvalue weighted by Crippen LogP contribution is -2.34. The molecule has 1 aromatic heterocycles. The Morgan fingerprint density at radius 1 is 1.28 bits per heavy atom. The number of fused-ring (bicyclic) bond motifs is 1. The van der Waals surface area contributed by atoms with Crippen molar-refractivity contribution < 1.29 is 18.7 Å². The zero-order valence-electron chi connectivity index (χ0n) is 16.9. The molecule has 2 aromatic carbocycles. The fourth-order valence-electron chi connectivity index (χ4n) is 3.26. The van der Waals surface area contributed by atoms with E-state index >= 15 is 0 Å². The number of hydrogen-bond acceptors (Lipinski definition) is 4. The summed E-state index contributed by atoms with van der Waals surface area (Å²) in [4.78, 5) is 12.3. The van der Waals surface area contributed by atoms with Gasteiger partial charge in [-0.05, 0) is 43.2 Å². The summed E-state index contributed by atoms with van der Waals surface area (Å²) < 4.78 is 17.4. The van der Waals surface area contributed by atoms with Crippen LogP contribution in [0, 0.1) is 0 Å². The van der Waals surface area contributed by atoms with E-state index in [4.69, 9.17) is 13.9 Å². The number of hydrogen-bond donors (Lipinski definition) is 1. The standard InChI is InChI=1S/C23H24BrNO4/c1-14(8-23(26)25-15(2)12-27-3)18-10-19-20(16-6-5-7-17(24)9-16)13-29-22(19)11-21(18)28-4/h5-11,13,15H,12H2,1-4H3,(H,25,26)/b14-8+. The minimum atomic E-state index is -0.173. The highest BCUT2D eigenvalue weighted by molar-refractivity contribution is 9.10. The number of carbonyl (C=O) groups excluding carboxylic acids is 1. The fraction of sp³-hybridized carbons (Fsp3) is 0.261. The van der Waals surface area contributed by atoms with E-state index in [0.29, 0.717) is 12.4 Å². The molecule has 6 heteroatoms. The van der Waals surface area contributed by atoms with E-state index in [0.717, 1.165) is 37.7 Å². The van der Waals surface area contributed by atoms with Crippen molar-refractivity contribution in [1.29, 1.82) is 0 Å². The van der Waals surface area contributed by atoms with Gasteiger partial charge in [-0.15, -0.1) is 0 Å². The first-order valence-electron chi connectivity index (χ1n) is 9.26. The Morgan fingerprint density at radius 2 is 2.07 bits per heavy atom. The molecule has 0 saturated carbocycles. The Labute approximate surface area is 178 Å². The minimum absolute atomic E-state index is 0.0714. The van der Waals surface area contributed by atoms with E-state index in [2.05, 4.69) is 21.2 Å². The number of amides is 1. The molecular formula is C23H24BrNO4. The Balaban J connectivity index is 2.01. The van der Waals surface area contributed by atoms with E-state index in [1.807, 2.05) is 50.2 Å². The van der Waals surface area contributed by atoms with Gasteiger partial charge < -0.3 is 19.2 Å². The maximum absolute atomic E-state index is 12.3. The van der Waals surface area contributed by atoms with Gasteiger partial charge in [0.2, 0.25) is 5.91 Å². The summed E-state index contributed by atoms with van der Waals surface area (Å²) in [5.41, 5.74) is 4.39. The molecule has 1 amide bonds. The fourth-order valence-corrected chi connectivity index (χ4v) is 3.66. The number of carbonyl (C=O) groups is 1. The maximum atomic E-state index is 12.3. The van der Waals surface area contributed by atoms with Gasteiger partial charge in [0.25, 0.3) is 0 Å². The average Bonchev–Trinajstić information content (AvgIpc) is 3.09. The summed E-state index contributed by atoms with van der Waals surface area (Å²) in [5.74, 6) is 0.479. The molecule has 1 unspecified atom stereocenters. The third-order valence-corrected chi connectivity index (χ3v) is 5.10. The van der Waals surface area contributed by atoms with Crippen LogP contribution in [0.5, 0.6) is 5.75 Å². The summed E-state index contributed by atoms with van der Waals surface area (Å²) in [6, 6.07) is 11.8. The number of rotatable bonds is 7. The molecule has 5 nitrogen and oxygen atoms in total. The molecule has 1 N–H and O–H groups in total. The maximum Gasteiger partial charge on any atom is 0.244 e. The highest BCUT2D eigenvalue weighted by Gasteiger charge is 2.15. The topological polar surface area (TPSA) is 60.7 Å². The zero-order valence-corrected chi connectivity index (χ0v) is 18.5. The van der Waals surface area contributed by atoms with Gasteiger partial charge in [0, 0.05) is 46.3 Å². The van der Waals surface area contributed by atoms with Crippen LogP contribution < -0.4 is 10.1 Å². The summed E-state index contributed by atoms with van der Waals surface area (Å²) in [7, 11) is 3.22. The normalized spacial score (nSPS) is 12.8. The highest BCUT2D eigenvalue weighted by Crippen LogP contribution is 2.37. The van der Waals surface area contributed by atoms with Crippen molar-refractivity contribution in [2.75, 3.05) is 20.8 Å². The lowest BCUT2D eigenvalue weighted by Gasteiger charge is -2.13. The lowest BCUT2D eigenvalue weighted by atomic mass is 9.99. The first-order chi connectivity index (χ1) is 13.9. The number of methoxy groups -OCH3 is 2. The largest absolute Gasteiger partial charge is 0.496 e. The smallest absolute Gasteiger partial charge is 0.244 e. The molecule has 0 aliphatic heterocycles. The number of ether oxygens (including phenoxy) is 2. The molecule has 0 aliphatic rings. The zero-order chi connectivity index (χ0) is 21.0. The number of benzene rings is 2. The Kier molecular flexibility index (Phi) is 6.77. The number of furan rings is 1. The summed E-state index contributed by atoms with van der Waals surface area (Å²) >= 11 is 3.52. The van der Waals surface area contributed by atoms with Gasteiger partial charge in [0.05, 0.1) is 20.0 Å². The van der Waals surface area contributed by atoms with Crippen LogP contribution in [0.3, 0.4) is 0 Å². The van der Waals surface area contributed by atoms with Crippen molar-refractivity contribution >= 4 is 38.4 Å². The Hall–Kier alpha value is -2.57. The third-order valence-electron chi connectivity index (χ3n) is 4.61. The molecule has 0 spiro atoms. The van der Waals surface area contributed by atoms with Crippen molar-refractivity contribution in [3.05, 3.63) is 58.8 Å². The van der Waals surface area contributed by atoms with E-state index < -0.39 is 0 Å². The second-order valence-electron chi connectivity index (χ2n) is 6.90. The van der Waals surface area contributed by atoms with Crippen LogP contribution in [0.1, 0.15) is 19.4 Å². The predicted octanol–water partition coefficient (Wildman–Crippen LogP) is 5.43. The van der Waals surface area contributed by atoms with Crippen LogP contribution in [0.25, 0.3) is 27.7 Å². The quantitative estimate of drug-likeness (QED) is 0.480. The van der Waals surface area contributed by atoms with Gasteiger partial charge in [-0.25, -0.2) is 0 Å². The lowest BCUT2D eigenvalue weighted by molar-refractivity contribution is -0.117. The van der Waals surface area contributed by atoms with Crippen molar-refractivity contribution in [3.8, 4) is 16.9 Å². The Morgan fingerprint density at radius 3 is 2.76 bits per heavy atom. The van der Waals surface area contributed by atoms with Crippen LogP contribution in [-0.4, -0.2) is 32.8 Å². The van der Waals surface area contributed by atoms with E-state index in [-0.39, 0.29) is 11.9 Å². The molecule has 1 atom stereocenters. The minimum Gasteiger partial charge on any atom is -0.496 e. The first-order valence-corrected chi connectivity index (χ1v) is 10.1. The van der Waals surface area contributed by atoms with E-state index in [1.165, 1.54) is 0 Å². The molecule has 0 fully saturated rings. The Bertz CT molecular complexity index is 1050. The molecule has 0 saturated heterocycles. The van der Waals surface area contributed by atoms with E-state index in [1.54, 1.807) is 26.6 Å². The average molecular weight is 458 g/mol. The van der Waals surface area contributed by atoms with Crippen LogP contribution in [-0.2, 0) is 9.53 Å². The van der Waals surface area contributed by atoms with Crippen molar-refractivity contribution in [2.24, 2.45) is 0 Å². The second kappa shape index (κ2) is 9.29. The van der Waals surface area contributed by atoms with Crippen LogP contribution in [0.2, 0.25) is 0 Å². The molecule has 1 heterocycles. The second-order valence-corrected chi connectivity index (χ2v) is 7.82. The van der Waals surface area contributed by atoms with Crippen molar-refractivity contribution in [2.45, 2.75) is 19.9 Å². The molecular weight excluding hydrogens is 434 g/mol. The summed E-state index contributed by atoms with van der Waals surface area (Å²) in [5, 5.41) is 3.85. The molecule has 29 heavy (non-hydrogen) atoms. The van der Waals surface area contributed by atoms with Crippen LogP contribution >= 0.6 is 15.9 Å². The first kappa shape index (κ1) is 21.1. The molecule has 0 aliphatic carbocycles. The van der Waals surface area contributed by atoms with Gasteiger partial charge in [0.15, 0.2) is 0 Å². The van der Waals surface area contributed by atoms with Crippen molar-refractivity contribution in [3.63, 3.8) is 0 Å². The number of nitrogens with one attached hydrogen (secondary N) is 1. The molecule has 3 aromatic rings. The van der Waals surface area contributed by atoms with Crippen molar-refractivity contribution in [1.82, 2.24) is 5.32 Å². The summed E-state index contributed by atoms with van der Waals surface area (Å²) in [6.45, 7) is 4.25. The van der Waals surface area contributed by atoms with Gasteiger partial charge >= 0.3 is 0 Å². The molecule has 0 radical (unpaired) electrons. The van der Waals surface area contributed by atoms with Gasteiger partial charge in [-0.3, -0.25) is 4.79 Å². The summed E-state index contributed by atoms with van der Waals surface area (Å²) in [6.07, 6.45) is 3.32. The van der Waals surface area contributed by atoms with Crippen LogP contribution in [0.4, 0.5) is 0 Å². The SMILES string of the molecule is COCC(C)NC(=O)/C=C(\C)c1cc2c(-c3cccc(Br)c3)coc2cc1OC. The predicted molar refractivity (Wildman–Crippen MR) is 119 cm³/mol. The number of halogens is 1. The van der Waals surface area contributed by atoms with Crippen LogP contribution in [0.15, 0.2) is 57.6 Å². The molecule has 152 valence electrons. The molecule has 3 rings (SSSR count). The molecule has 0 bridgehead atoms. The van der Waals surface area contributed by atoms with Gasteiger partial charge in [-0.1, -0.05) is 28.1 Å².